The van der Waals surface area contributed by atoms with E-state index < -0.39 is 4.92 Å². The van der Waals surface area contributed by atoms with Crippen molar-refractivity contribution in [3.05, 3.63) is 69.2 Å². The zero-order chi connectivity index (χ0) is 19.4. The number of nitrogens with zero attached hydrogens (tertiary/aromatic N) is 2. The lowest BCUT2D eigenvalue weighted by molar-refractivity contribution is -0.383. The average Bonchev–Trinajstić information content (AvgIpc) is 3.48. The number of amides is 1. The minimum Gasteiger partial charge on any atom is -0.319 e. The predicted molar refractivity (Wildman–Crippen MR) is 106 cm³/mol. The van der Waals surface area contributed by atoms with Crippen LogP contribution >= 0.6 is 11.6 Å². The van der Waals surface area contributed by atoms with Crippen molar-refractivity contribution in [2.24, 2.45) is 5.92 Å². The molecule has 1 amide bonds. The Balaban J connectivity index is 1.72. The first-order chi connectivity index (χ1) is 12.9. The Morgan fingerprint density at radius 2 is 2.00 bits per heavy atom. The van der Waals surface area contributed by atoms with Crippen molar-refractivity contribution in [1.82, 2.24) is 4.90 Å². The second kappa shape index (κ2) is 8.50. The number of rotatable bonds is 8. The molecule has 0 radical (unpaired) electrons. The zero-order valence-corrected chi connectivity index (χ0v) is 15.9. The van der Waals surface area contributed by atoms with Crippen LogP contribution in [0.1, 0.15) is 25.3 Å². The fourth-order valence-corrected chi connectivity index (χ4v) is 3.34. The summed E-state index contributed by atoms with van der Waals surface area (Å²) in [5.41, 5.74) is 1.09. The molecule has 0 bridgehead atoms. The molecule has 0 aromatic heterocycles. The highest BCUT2D eigenvalue weighted by atomic mass is 35.5. The molecular formula is C20H22ClN3O3. The highest BCUT2D eigenvalue weighted by Crippen LogP contribution is 2.35. The number of nitro groups is 1. The first-order valence-corrected chi connectivity index (χ1v) is 9.33. The van der Waals surface area contributed by atoms with Gasteiger partial charge in [-0.25, -0.2) is 0 Å². The monoisotopic (exact) mass is 387 g/mol. The molecule has 0 aliphatic heterocycles. The summed E-state index contributed by atoms with van der Waals surface area (Å²) in [7, 11) is 0. The average molecular weight is 388 g/mol. The number of halogens is 1. The molecule has 7 heteroatoms. The van der Waals surface area contributed by atoms with E-state index in [1.54, 1.807) is 0 Å². The highest BCUT2D eigenvalue weighted by molar-refractivity contribution is 6.31. The second-order valence-corrected chi connectivity index (χ2v) is 7.37. The Morgan fingerprint density at radius 3 is 2.63 bits per heavy atom. The summed E-state index contributed by atoms with van der Waals surface area (Å²) in [5, 5.41) is 14.1. The van der Waals surface area contributed by atoms with Gasteiger partial charge in [0.05, 0.1) is 11.5 Å². The molecule has 2 aromatic carbocycles. The van der Waals surface area contributed by atoms with Crippen molar-refractivity contribution in [3.63, 3.8) is 0 Å². The van der Waals surface area contributed by atoms with Crippen LogP contribution in [-0.4, -0.2) is 28.3 Å². The van der Waals surface area contributed by atoms with E-state index in [1.165, 1.54) is 31.0 Å². The molecule has 1 saturated carbocycles. The summed E-state index contributed by atoms with van der Waals surface area (Å²) in [5.74, 6) is 0.329. The van der Waals surface area contributed by atoms with Gasteiger partial charge in [-0.05, 0) is 43.4 Å². The fraction of sp³-hybridized carbons (Fsp3) is 0.350. The van der Waals surface area contributed by atoms with E-state index in [0.717, 1.165) is 5.56 Å². The fourth-order valence-electron chi connectivity index (χ4n) is 3.17. The Bertz CT molecular complexity index is 824. The molecule has 1 fully saturated rings. The SMILES string of the molecule is CC(C1CC1)N(CC(=O)Nc1ccc(Cl)cc1[N+](=O)[O-])Cc1ccccc1. The molecular weight excluding hydrogens is 366 g/mol. The summed E-state index contributed by atoms with van der Waals surface area (Å²) >= 11 is 5.83. The van der Waals surface area contributed by atoms with Crippen molar-refractivity contribution in [1.29, 1.82) is 0 Å². The quantitative estimate of drug-likeness (QED) is 0.535. The minimum atomic E-state index is -0.546. The summed E-state index contributed by atoms with van der Waals surface area (Å²) in [6.45, 7) is 2.97. The lowest BCUT2D eigenvalue weighted by Gasteiger charge is -2.28. The van der Waals surface area contributed by atoms with Gasteiger partial charge in [-0.15, -0.1) is 0 Å². The highest BCUT2D eigenvalue weighted by Gasteiger charge is 2.33. The van der Waals surface area contributed by atoms with Gasteiger partial charge in [0.2, 0.25) is 5.91 Å². The number of carbonyl (C=O) groups excluding carboxylic acids is 1. The molecule has 2 aromatic rings. The van der Waals surface area contributed by atoms with E-state index in [9.17, 15) is 14.9 Å². The molecule has 3 rings (SSSR count). The van der Waals surface area contributed by atoms with Crippen LogP contribution in [0.3, 0.4) is 0 Å². The topological polar surface area (TPSA) is 75.5 Å². The lowest BCUT2D eigenvalue weighted by Crippen LogP contribution is -2.40. The molecule has 27 heavy (non-hydrogen) atoms. The van der Waals surface area contributed by atoms with Gasteiger partial charge in [0.25, 0.3) is 5.69 Å². The molecule has 1 aliphatic rings. The maximum atomic E-state index is 12.6. The Labute approximate surface area is 163 Å². The molecule has 1 atom stereocenters. The maximum Gasteiger partial charge on any atom is 0.294 e. The normalized spacial score (nSPS) is 14.8. The first kappa shape index (κ1) is 19.3. The molecule has 142 valence electrons. The number of carbonyl (C=O) groups is 1. The van der Waals surface area contributed by atoms with Gasteiger partial charge in [-0.2, -0.15) is 0 Å². The molecule has 0 saturated heterocycles. The zero-order valence-electron chi connectivity index (χ0n) is 15.1. The van der Waals surface area contributed by atoms with Crippen molar-refractivity contribution in [2.45, 2.75) is 32.4 Å². The number of hydrogen-bond donors (Lipinski definition) is 1. The van der Waals surface area contributed by atoms with E-state index in [-0.39, 0.29) is 34.9 Å². The third-order valence-corrected chi connectivity index (χ3v) is 5.12. The Kier molecular flexibility index (Phi) is 6.08. The van der Waals surface area contributed by atoms with Crippen molar-refractivity contribution >= 4 is 28.9 Å². The summed E-state index contributed by atoms with van der Waals surface area (Å²) in [6, 6.07) is 14.5. The molecule has 6 nitrogen and oxygen atoms in total. The van der Waals surface area contributed by atoms with E-state index in [0.29, 0.717) is 12.5 Å². The number of hydrogen-bond acceptors (Lipinski definition) is 4. The van der Waals surface area contributed by atoms with Gasteiger partial charge in [0.15, 0.2) is 0 Å². The third-order valence-electron chi connectivity index (χ3n) is 4.89. The van der Waals surface area contributed by atoms with Crippen molar-refractivity contribution in [3.8, 4) is 0 Å². The van der Waals surface area contributed by atoms with Gasteiger partial charge in [0.1, 0.15) is 5.69 Å². The van der Waals surface area contributed by atoms with Gasteiger partial charge in [-0.1, -0.05) is 41.9 Å². The third kappa shape index (κ3) is 5.28. The van der Waals surface area contributed by atoms with Crippen molar-refractivity contribution in [2.75, 3.05) is 11.9 Å². The van der Waals surface area contributed by atoms with E-state index in [2.05, 4.69) is 17.1 Å². The van der Waals surface area contributed by atoms with Gasteiger partial charge < -0.3 is 5.32 Å². The number of anilines is 1. The van der Waals surface area contributed by atoms with Gasteiger partial charge >= 0.3 is 0 Å². The molecule has 1 aliphatic carbocycles. The standard InChI is InChI=1S/C20H22ClN3O3/c1-14(16-7-8-16)23(12-15-5-3-2-4-6-15)13-20(25)22-18-10-9-17(21)11-19(18)24(26)27/h2-6,9-11,14,16H,7-8,12-13H2,1H3,(H,22,25). The Morgan fingerprint density at radius 1 is 1.30 bits per heavy atom. The van der Waals surface area contributed by atoms with Gasteiger partial charge in [-0.3, -0.25) is 19.8 Å². The van der Waals surface area contributed by atoms with E-state index in [1.807, 2.05) is 30.3 Å². The first-order valence-electron chi connectivity index (χ1n) is 8.96. The Hall–Kier alpha value is -2.44. The molecule has 0 spiro atoms. The molecule has 1 N–H and O–H groups in total. The maximum absolute atomic E-state index is 12.6. The lowest BCUT2D eigenvalue weighted by atomic mass is 10.1. The van der Waals surface area contributed by atoms with Crippen LogP contribution in [0.5, 0.6) is 0 Å². The van der Waals surface area contributed by atoms with Crippen LogP contribution in [0.4, 0.5) is 11.4 Å². The number of nitro benzene ring substituents is 1. The van der Waals surface area contributed by atoms with Gasteiger partial charge in [0, 0.05) is 23.7 Å². The molecule has 1 unspecified atom stereocenters. The summed E-state index contributed by atoms with van der Waals surface area (Å²) in [4.78, 5) is 25.4. The summed E-state index contributed by atoms with van der Waals surface area (Å²) in [6.07, 6.45) is 2.35. The van der Waals surface area contributed by atoms with Crippen LogP contribution in [0.2, 0.25) is 5.02 Å². The van der Waals surface area contributed by atoms with Crippen LogP contribution in [0, 0.1) is 16.0 Å². The van der Waals surface area contributed by atoms with Crippen LogP contribution < -0.4 is 5.32 Å². The van der Waals surface area contributed by atoms with Crippen molar-refractivity contribution < 1.29 is 9.72 Å². The largest absolute Gasteiger partial charge is 0.319 e. The van der Waals surface area contributed by atoms with Crippen LogP contribution in [0.25, 0.3) is 0 Å². The van der Waals surface area contributed by atoms with Crippen LogP contribution in [-0.2, 0) is 11.3 Å². The second-order valence-electron chi connectivity index (χ2n) is 6.94. The smallest absolute Gasteiger partial charge is 0.294 e. The minimum absolute atomic E-state index is 0.160. The van der Waals surface area contributed by atoms with E-state index >= 15 is 0 Å². The molecule has 0 heterocycles. The summed E-state index contributed by atoms with van der Waals surface area (Å²) < 4.78 is 0. The van der Waals surface area contributed by atoms with E-state index in [4.69, 9.17) is 11.6 Å². The predicted octanol–water partition coefficient (Wildman–Crippen LogP) is 4.49. The number of benzene rings is 2. The van der Waals surface area contributed by atoms with Crippen LogP contribution in [0.15, 0.2) is 48.5 Å². The number of nitrogens with one attached hydrogen (secondary N) is 1.